The van der Waals surface area contributed by atoms with Crippen LogP contribution in [-0.4, -0.2) is 26.8 Å². The van der Waals surface area contributed by atoms with Gasteiger partial charge in [-0.05, 0) is 109 Å². The molecule has 0 bridgehead atoms. The molecular formula is C25H21IN4O3S. The molecule has 2 aromatic heterocycles. The zero-order chi connectivity index (χ0) is 23.8. The number of phenols is 1. The highest BCUT2D eigenvalue weighted by molar-refractivity contribution is 14.1. The van der Waals surface area contributed by atoms with Crippen molar-refractivity contribution in [2.75, 3.05) is 0 Å². The van der Waals surface area contributed by atoms with Crippen LogP contribution in [0.1, 0.15) is 45.0 Å². The second kappa shape index (κ2) is 9.30. The molecule has 172 valence electrons. The highest BCUT2D eigenvalue weighted by Crippen LogP contribution is 2.34. The van der Waals surface area contributed by atoms with Crippen molar-refractivity contribution >= 4 is 56.3 Å². The number of carbonyl (C=O) groups excluding carboxylic acids is 1. The molecule has 0 aliphatic heterocycles. The fourth-order valence-electron chi connectivity index (χ4n) is 4.21. The summed E-state index contributed by atoms with van der Waals surface area (Å²) in [5, 5.41) is 14.3. The van der Waals surface area contributed by atoms with E-state index in [9.17, 15) is 14.7 Å². The number of carbonyl (C=O) groups is 1. The third-order valence-electron chi connectivity index (χ3n) is 5.90. The van der Waals surface area contributed by atoms with Crippen molar-refractivity contribution in [2.24, 2.45) is 5.10 Å². The number of hydrogen-bond acceptors (Lipinski definition) is 6. The van der Waals surface area contributed by atoms with E-state index in [0.717, 1.165) is 47.0 Å². The molecule has 4 aromatic rings. The maximum atomic E-state index is 13.4. The highest BCUT2D eigenvalue weighted by atomic mass is 127. The molecule has 2 N–H and O–H groups in total. The van der Waals surface area contributed by atoms with E-state index in [1.807, 2.05) is 29.5 Å². The molecule has 34 heavy (non-hydrogen) atoms. The van der Waals surface area contributed by atoms with Gasteiger partial charge in [-0.3, -0.25) is 14.2 Å². The lowest BCUT2D eigenvalue weighted by molar-refractivity contribution is 0.0955. The van der Waals surface area contributed by atoms with Gasteiger partial charge in [0.05, 0.1) is 20.9 Å². The Bertz CT molecular complexity index is 1510. The van der Waals surface area contributed by atoms with Crippen LogP contribution in [0.25, 0.3) is 15.9 Å². The predicted octanol–water partition coefficient (Wildman–Crippen LogP) is 4.71. The van der Waals surface area contributed by atoms with Gasteiger partial charge in [0.15, 0.2) is 0 Å². The molecule has 1 amide bonds. The van der Waals surface area contributed by atoms with E-state index in [1.165, 1.54) is 11.1 Å². The fourth-order valence-corrected chi connectivity index (χ4v) is 6.04. The molecule has 9 heteroatoms. The monoisotopic (exact) mass is 584 g/mol. The minimum atomic E-state index is -0.360. The second-order valence-electron chi connectivity index (χ2n) is 8.15. The third kappa shape index (κ3) is 4.25. The average molecular weight is 584 g/mol. The number of hydrazone groups is 1. The second-order valence-corrected chi connectivity index (χ2v) is 10.4. The van der Waals surface area contributed by atoms with Gasteiger partial charge in [-0.2, -0.15) is 5.10 Å². The van der Waals surface area contributed by atoms with E-state index in [0.29, 0.717) is 20.6 Å². The lowest BCUT2D eigenvalue weighted by Gasteiger charge is -2.12. The molecule has 1 aliphatic rings. The van der Waals surface area contributed by atoms with Gasteiger partial charge in [-0.1, -0.05) is 0 Å². The van der Waals surface area contributed by atoms with Crippen LogP contribution in [0.15, 0.2) is 52.4 Å². The number of hydrogen-bond donors (Lipinski definition) is 2. The van der Waals surface area contributed by atoms with Gasteiger partial charge in [0.1, 0.15) is 16.4 Å². The zero-order valence-electron chi connectivity index (χ0n) is 18.3. The van der Waals surface area contributed by atoms with Crippen LogP contribution in [0.5, 0.6) is 5.75 Å². The van der Waals surface area contributed by atoms with Crippen molar-refractivity contribution < 1.29 is 9.90 Å². The van der Waals surface area contributed by atoms with Crippen molar-refractivity contribution in [1.82, 2.24) is 15.0 Å². The van der Waals surface area contributed by atoms with Gasteiger partial charge >= 0.3 is 0 Å². The SMILES string of the molecule is Cc1nc2sc3c(c2c(=O)n1-c1ccc(C(=O)N/N=C\c2ccc(O)c(I)c2)cc1)CCCC3. The van der Waals surface area contributed by atoms with Crippen LogP contribution in [-0.2, 0) is 12.8 Å². The summed E-state index contributed by atoms with van der Waals surface area (Å²) in [6, 6.07) is 11.9. The topological polar surface area (TPSA) is 96.6 Å². The molecule has 0 fully saturated rings. The van der Waals surface area contributed by atoms with Crippen LogP contribution in [0.4, 0.5) is 0 Å². The average Bonchev–Trinajstić information content (AvgIpc) is 3.20. The van der Waals surface area contributed by atoms with Gasteiger partial charge in [-0.25, -0.2) is 10.4 Å². The van der Waals surface area contributed by atoms with E-state index >= 15 is 0 Å². The summed E-state index contributed by atoms with van der Waals surface area (Å²) in [5.41, 5.74) is 5.47. The number of nitrogens with one attached hydrogen (secondary N) is 1. The molecule has 0 unspecified atom stereocenters. The van der Waals surface area contributed by atoms with Gasteiger partial charge in [0.25, 0.3) is 11.5 Å². The number of aryl methyl sites for hydroxylation is 3. The number of amides is 1. The first-order valence-electron chi connectivity index (χ1n) is 10.9. The summed E-state index contributed by atoms with van der Waals surface area (Å²) < 4.78 is 2.32. The Morgan fingerprint density at radius 1 is 1.21 bits per heavy atom. The number of rotatable bonds is 4. The summed E-state index contributed by atoms with van der Waals surface area (Å²) in [4.78, 5) is 32.8. The number of aromatic hydroxyl groups is 1. The number of aromatic nitrogens is 2. The molecular weight excluding hydrogens is 563 g/mol. The standard InChI is InChI=1S/C25H21IN4O3S/c1-14-28-24-22(18-4-2-3-5-21(18)34-24)25(33)30(14)17-9-7-16(8-10-17)23(32)29-27-13-15-6-11-20(31)19(26)12-15/h6-13,31H,2-5H2,1H3,(H,29,32)/b27-13-. The van der Waals surface area contributed by atoms with Gasteiger partial charge in [0.2, 0.25) is 0 Å². The Kier molecular flexibility index (Phi) is 6.22. The van der Waals surface area contributed by atoms with Crippen molar-refractivity contribution in [1.29, 1.82) is 0 Å². The normalized spacial score (nSPS) is 13.4. The molecule has 0 atom stereocenters. The quantitative estimate of drug-likeness (QED) is 0.206. The Morgan fingerprint density at radius 3 is 2.74 bits per heavy atom. The highest BCUT2D eigenvalue weighted by Gasteiger charge is 2.21. The van der Waals surface area contributed by atoms with Gasteiger partial charge in [-0.15, -0.1) is 11.3 Å². The Hall–Kier alpha value is -3.05. The van der Waals surface area contributed by atoms with Crippen LogP contribution >= 0.6 is 33.9 Å². The first kappa shape index (κ1) is 22.7. The van der Waals surface area contributed by atoms with Crippen molar-refractivity contribution in [3.05, 3.63) is 83.8 Å². The summed E-state index contributed by atoms with van der Waals surface area (Å²) >= 11 is 3.67. The molecule has 0 saturated heterocycles. The van der Waals surface area contributed by atoms with Gasteiger partial charge in [0, 0.05) is 10.4 Å². The summed E-state index contributed by atoms with van der Waals surface area (Å²) in [6.45, 7) is 1.83. The van der Waals surface area contributed by atoms with E-state index < -0.39 is 0 Å². The molecule has 0 spiro atoms. The van der Waals surface area contributed by atoms with Crippen LogP contribution in [0, 0.1) is 10.5 Å². The smallest absolute Gasteiger partial charge is 0.271 e. The maximum Gasteiger partial charge on any atom is 0.271 e. The van der Waals surface area contributed by atoms with Crippen molar-refractivity contribution in [3.63, 3.8) is 0 Å². The van der Waals surface area contributed by atoms with Crippen molar-refractivity contribution in [3.8, 4) is 11.4 Å². The predicted molar refractivity (Wildman–Crippen MR) is 142 cm³/mol. The molecule has 2 aromatic carbocycles. The molecule has 5 rings (SSSR count). The summed E-state index contributed by atoms with van der Waals surface area (Å²) in [5.74, 6) is 0.465. The Morgan fingerprint density at radius 2 is 1.97 bits per heavy atom. The zero-order valence-corrected chi connectivity index (χ0v) is 21.3. The first-order chi connectivity index (χ1) is 16.4. The lowest BCUT2D eigenvalue weighted by atomic mass is 9.97. The minimum absolute atomic E-state index is 0.0489. The van der Waals surface area contributed by atoms with Crippen LogP contribution < -0.4 is 11.0 Å². The molecule has 2 heterocycles. The van der Waals surface area contributed by atoms with E-state index in [4.69, 9.17) is 4.98 Å². The minimum Gasteiger partial charge on any atom is -0.507 e. The summed E-state index contributed by atoms with van der Waals surface area (Å²) in [7, 11) is 0. The molecule has 7 nitrogen and oxygen atoms in total. The molecule has 0 saturated carbocycles. The van der Waals surface area contributed by atoms with E-state index in [1.54, 1.807) is 58.4 Å². The first-order valence-corrected chi connectivity index (χ1v) is 12.8. The number of fused-ring (bicyclic) bond motifs is 3. The van der Waals surface area contributed by atoms with E-state index in [2.05, 4.69) is 10.5 Å². The summed E-state index contributed by atoms with van der Waals surface area (Å²) in [6.07, 6.45) is 5.73. The van der Waals surface area contributed by atoms with Crippen LogP contribution in [0.2, 0.25) is 0 Å². The maximum absolute atomic E-state index is 13.4. The number of phenolic OH excluding ortho intramolecular Hbond substituents is 1. The lowest BCUT2D eigenvalue weighted by Crippen LogP contribution is -2.23. The van der Waals surface area contributed by atoms with Crippen molar-refractivity contribution in [2.45, 2.75) is 32.6 Å². The largest absolute Gasteiger partial charge is 0.507 e. The number of benzene rings is 2. The molecule has 1 aliphatic carbocycles. The number of thiophene rings is 1. The van der Waals surface area contributed by atoms with E-state index in [-0.39, 0.29) is 17.2 Å². The van der Waals surface area contributed by atoms with Crippen LogP contribution in [0.3, 0.4) is 0 Å². The van der Waals surface area contributed by atoms with Gasteiger partial charge < -0.3 is 5.11 Å². The number of nitrogens with zero attached hydrogens (tertiary/aromatic N) is 3. The Labute approximate surface area is 213 Å². The Balaban J connectivity index is 1.38. The number of halogens is 1. The fraction of sp³-hybridized carbons (Fsp3) is 0.200. The molecule has 0 radical (unpaired) electrons. The third-order valence-corrected chi connectivity index (χ3v) is 7.95.